The largest absolute Gasteiger partial charge is 0.383 e. The zero-order valence-electron chi connectivity index (χ0n) is 11.3. The first kappa shape index (κ1) is 15.9. The van der Waals surface area contributed by atoms with Crippen LogP contribution < -0.4 is 5.32 Å². The van der Waals surface area contributed by atoms with Crippen molar-refractivity contribution in [1.82, 2.24) is 5.32 Å². The SMILES string of the molecule is COCCNCc1cccc(SCCCSC)c1. The molecule has 0 heterocycles. The first-order valence-electron chi connectivity index (χ1n) is 6.27. The van der Waals surface area contributed by atoms with E-state index in [0.717, 1.165) is 19.7 Å². The van der Waals surface area contributed by atoms with Crippen LogP contribution in [-0.4, -0.2) is 38.0 Å². The minimum absolute atomic E-state index is 0.767. The molecule has 0 unspecified atom stereocenters. The summed E-state index contributed by atoms with van der Waals surface area (Å²) < 4.78 is 5.01. The molecular formula is C14H23NOS2. The van der Waals surface area contributed by atoms with Gasteiger partial charge in [-0.15, -0.1) is 11.8 Å². The van der Waals surface area contributed by atoms with Crippen LogP contribution in [0.5, 0.6) is 0 Å². The molecule has 0 radical (unpaired) electrons. The summed E-state index contributed by atoms with van der Waals surface area (Å²) in [7, 11) is 1.73. The minimum atomic E-state index is 0.767. The Balaban J connectivity index is 2.27. The molecule has 0 aromatic heterocycles. The van der Waals surface area contributed by atoms with Crippen molar-refractivity contribution >= 4 is 23.5 Å². The lowest BCUT2D eigenvalue weighted by Crippen LogP contribution is -2.18. The van der Waals surface area contributed by atoms with Crippen molar-refractivity contribution in [3.63, 3.8) is 0 Å². The Labute approximate surface area is 119 Å². The summed E-state index contributed by atoms with van der Waals surface area (Å²) >= 11 is 3.87. The molecule has 0 aliphatic carbocycles. The molecule has 2 nitrogen and oxygen atoms in total. The van der Waals surface area contributed by atoms with Gasteiger partial charge >= 0.3 is 0 Å². The zero-order valence-corrected chi connectivity index (χ0v) is 12.9. The molecule has 0 bridgehead atoms. The van der Waals surface area contributed by atoms with Gasteiger partial charge in [-0.25, -0.2) is 0 Å². The summed E-state index contributed by atoms with van der Waals surface area (Å²) in [6.45, 7) is 2.59. The lowest BCUT2D eigenvalue weighted by Gasteiger charge is -2.06. The predicted molar refractivity (Wildman–Crippen MR) is 83.7 cm³/mol. The predicted octanol–water partition coefficient (Wildman–Crippen LogP) is 3.27. The van der Waals surface area contributed by atoms with E-state index >= 15 is 0 Å². The van der Waals surface area contributed by atoms with E-state index in [2.05, 4.69) is 35.8 Å². The van der Waals surface area contributed by atoms with Gasteiger partial charge in [0.1, 0.15) is 0 Å². The van der Waals surface area contributed by atoms with E-state index in [1.54, 1.807) is 7.11 Å². The Hall–Kier alpha value is -0.160. The summed E-state index contributed by atoms with van der Waals surface area (Å²) in [4.78, 5) is 1.38. The number of benzene rings is 1. The van der Waals surface area contributed by atoms with Crippen molar-refractivity contribution in [2.24, 2.45) is 0 Å². The first-order chi connectivity index (χ1) is 8.86. The third-order valence-corrected chi connectivity index (χ3v) is 4.25. The number of methoxy groups -OCH3 is 1. The van der Waals surface area contributed by atoms with Crippen molar-refractivity contribution in [1.29, 1.82) is 0 Å². The molecule has 18 heavy (non-hydrogen) atoms. The van der Waals surface area contributed by atoms with E-state index in [1.165, 1.54) is 28.4 Å². The molecule has 0 saturated heterocycles. The van der Waals surface area contributed by atoms with Gasteiger partial charge in [0.2, 0.25) is 0 Å². The molecule has 1 aromatic rings. The molecule has 1 aromatic carbocycles. The van der Waals surface area contributed by atoms with E-state index in [0.29, 0.717) is 0 Å². The monoisotopic (exact) mass is 285 g/mol. The van der Waals surface area contributed by atoms with Crippen molar-refractivity contribution in [3.8, 4) is 0 Å². The number of thioether (sulfide) groups is 2. The maximum absolute atomic E-state index is 5.01. The molecule has 1 rings (SSSR count). The number of hydrogen-bond donors (Lipinski definition) is 1. The van der Waals surface area contributed by atoms with Crippen LogP contribution in [-0.2, 0) is 11.3 Å². The highest BCUT2D eigenvalue weighted by Gasteiger charge is 1.97. The maximum Gasteiger partial charge on any atom is 0.0587 e. The molecule has 0 atom stereocenters. The highest BCUT2D eigenvalue weighted by atomic mass is 32.2. The maximum atomic E-state index is 5.01. The lowest BCUT2D eigenvalue weighted by molar-refractivity contribution is 0.199. The Bertz CT molecular complexity index is 293. The molecule has 0 saturated carbocycles. The van der Waals surface area contributed by atoms with Crippen molar-refractivity contribution < 1.29 is 4.74 Å². The van der Waals surface area contributed by atoms with Gasteiger partial charge in [-0.3, -0.25) is 0 Å². The van der Waals surface area contributed by atoms with Gasteiger partial charge in [0.05, 0.1) is 6.61 Å². The van der Waals surface area contributed by atoms with E-state index in [-0.39, 0.29) is 0 Å². The van der Waals surface area contributed by atoms with Gasteiger partial charge in [0, 0.05) is 25.1 Å². The molecule has 0 aliphatic heterocycles. The Morgan fingerprint density at radius 3 is 2.94 bits per heavy atom. The van der Waals surface area contributed by atoms with Crippen LogP contribution in [0.1, 0.15) is 12.0 Å². The smallest absolute Gasteiger partial charge is 0.0587 e. The van der Waals surface area contributed by atoms with E-state index in [9.17, 15) is 0 Å². The Morgan fingerprint density at radius 2 is 2.17 bits per heavy atom. The zero-order chi connectivity index (χ0) is 13.1. The van der Waals surface area contributed by atoms with Crippen LogP contribution in [0.2, 0.25) is 0 Å². The van der Waals surface area contributed by atoms with Gasteiger partial charge in [0.15, 0.2) is 0 Å². The van der Waals surface area contributed by atoms with Crippen LogP contribution in [0, 0.1) is 0 Å². The van der Waals surface area contributed by atoms with E-state index in [4.69, 9.17) is 4.74 Å². The molecule has 0 aliphatic rings. The standard InChI is InChI=1S/C14H23NOS2/c1-16-8-7-15-12-13-5-3-6-14(11-13)18-10-4-9-17-2/h3,5-6,11,15H,4,7-10,12H2,1-2H3. The summed E-state index contributed by atoms with van der Waals surface area (Å²) in [5.41, 5.74) is 1.35. The molecule has 102 valence electrons. The molecule has 1 N–H and O–H groups in total. The number of ether oxygens (including phenoxy) is 1. The minimum Gasteiger partial charge on any atom is -0.383 e. The second kappa shape index (κ2) is 10.7. The topological polar surface area (TPSA) is 21.3 Å². The quantitative estimate of drug-likeness (QED) is 0.526. The summed E-state index contributed by atoms with van der Waals surface area (Å²) in [6, 6.07) is 8.79. The second-order valence-corrected chi connectivity index (χ2v) is 6.17. The molecule has 0 fully saturated rings. The first-order valence-corrected chi connectivity index (χ1v) is 8.65. The highest BCUT2D eigenvalue weighted by molar-refractivity contribution is 7.99. The molecule has 0 spiro atoms. The highest BCUT2D eigenvalue weighted by Crippen LogP contribution is 2.20. The van der Waals surface area contributed by atoms with Crippen LogP contribution in [0.25, 0.3) is 0 Å². The summed E-state index contributed by atoms with van der Waals surface area (Å²) in [5.74, 6) is 2.46. The lowest BCUT2D eigenvalue weighted by atomic mass is 10.2. The van der Waals surface area contributed by atoms with Crippen LogP contribution in [0.3, 0.4) is 0 Å². The van der Waals surface area contributed by atoms with Crippen molar-refractivity contribution in [2.75, 3.05) is 38.0 Å². The van der Waals surface area contributed by atoms with Gasteiger partial charge in [0.25, 0.3) is 0 Å². The van der Waals surface area contributed by atoms with Crippen molar-refractivity contribution in [2.45, 2.75) is 17.9 Å². The number of rotatable bonds is 10. The fraction of sp³-hybridized carbons (Fsp3) is 0.571. The number of nitrogens with one attached hydrogen (secondary N) is 1. The Morgan fingerprint density at radius 1 is 1.28 bits per heavy atom. The van der Waals surface area contributed by atoms with Gasteiger partial charge in [-0.05, 0) is 41.9 Å². The fourth-order valence-corrected chi connectivity index (χ4v) is 3.10. The van der Waals surface area contributed by atoms with E-state index < -0.39 is 0 Å². The van der Waals surface area contributed by atoms with Crippen LogP contribution >= 0.6 is 23.5 Å². The van der Waals surface area contributed by atoms with Gasteiger partial charge < -0.3 is 10.1 Å². The Kier molecular flexibility index (Phi) is 9.48. The van der Waals surface area contributed by atoms with Crippen LogP contribution in [0.15, 0.2) is 29.2 Å². The number of hydrogen-bond acceptors (Lipinski definition) is 4. The fourth-order valence-electron chi connectivity index (χ4n) is 1.55. The third kappa shape index (κ3) is 7.31. The van der Waals surface area contributed by atoms with Gasteiger partial charge in [-0.2, -0.15) is 11.8 Å². The second-order valence-electron chi connectivity index (χ2n) is 4.01. The summed E-state index contributed by atoms with van der Waals surface area (Å²) in [5, 5.41) is 3.37. The van der Waals surface area contributed by atoms with E-state index in [1.807, 2.05) is 23.5 Å². The van der Waals surface area contributed by atoms with Crippen molar-refractivity contribution in [3.05, 3.63) is 29.8 Å². The normalized spacial score (nSPS) is 10.8. The summed E-state index contributed by atoms with van der Waals surface area (Å²) in [6.07, 6.45) is 3.44. The molecule has 0 amide bonds. The molecular weight excluding hydrogens is 262 g/mol. The average Bonchev–Trinajstić information content (AvgIpc) is 2.40. The average molecular weight is 285 g/mol. The van der Waals surface area contributed by atoms with Gasteiger partial charge in [-0.1, -0.05) is 12.1 Å². The van der Waals surface area contributed by atoms with Crippen LogP contribution in [0.4, 0.5) is 0 Å². The molecule has 4 heteroatoms. The third-order valence-electron chi connectivity index (χ3n) is 2.47.